The fraction of sp³-hybridized carbons (Fsp3) is 0.750. The van der Waals surface area contributed by atoms with Crippen LogP contribution < -0.4 is 11.1 Å². The van der Waals surface area contributed by atoms with Crippen molar-refractivity contribution in [3.8, 4) is 0 Å². The van der Waals surface area contributed by atoms with Gasteiger partial charge in [0, 0.05) is 19.7 Å². The number of carbonyl (C=O) groups excluding carboxylic acids is 2. The molecule has 0 saturated carbocycles. The Hall–Kier alpha value is -1.83. The van der Waals surface area contributed by atoms with Gasteiger partial charge >= 0.3 is 12.0 Å². The minimum absolute atomic E-state index is 0.0138. The lowest BCUT2D eigenvalue weighted by molar-refractivity contribution is -0.141. The standard InChI is InChI=1S/C12H21N3O5/c1-2-15(7-8-4-3-5-20-8)12(19)14-9(11(17)18)6-10(13)16/h8-9H,2-7H2,1H3,(H2,13,16)(H,14,19)(H,17,18)/t8?,9-/m1/s1. The van der Waals surface area contributed by atoms with Gasteiger partial charge in [0.25, 0.3) is 0 Å². The number of nitrogens with one attached hydrogen (secondary N) is 1. The fourth-order valence-electron chi connectivity index (χ4n) is 2.03. The first kappa shape index (κ1) is 16.2. The van der Waals surface area contributed by atoms with Crippen LogP contribution >= 0.6 is 0 Å². The van der Waals surface area contributed by atoms with E-state index in [0.717, 1.165) is 12.8 Å². The van der Waals surface area contributed by atoms with Crippen molar-refractivity contribution >= 4 is 17.9 Å². The second-order valence-electron chi connectivity index (χ2n) is 4.68. The number of hydrogen-bond donors (Lipinski definition) is 3. The molecule has 1 heterocycles. The molecule has 1 rings (SSSR count). The van der Waals surface area contributed by atoms with Gasteiger partial charge in [-0.3, -0.25) is 4.79 Å². The van der Waals surface area contributed by atoms with Crippen molar-refractivity contribution in [1.82, 2.24) is 10.2 Å². The van der Waals surface area contributed by atoms with E-state index < -0.39 is 30.4 Å². The molecule has 3 amide bonds. The molecular weight excluding hydrogens is 266 g/mol. The zero-order chi connectivity index (χ0) is 15.1. The lowest BCUT2D eigenvalue weighted by Crippen LogP contribution is -2.50. The number of carbonyl (C=O) groups is 3. The Labute approximate surface area is 117 Å². The molecule has 0 spiro atoms. The molecular formula is C12H21N3O5. The fourth-order valence-corrected chi connectivity index (χ4v) is 2.03. The number of carboxylic acids is 1. The minimum Gasteiger partial charge on any atom is -0.480 e. The van der Waals surface area contributed by atoms with Crippen LogP contribution in [0.15, 0.2) is 0 Å². The van der Waals surface area contributed by atoms with Gasteiger partial charge in [0.15, 0.2) is 0 Å². The number of urea groups is 1. The van der Waals surface area contributed by atoms with E-state index in [9.17, 15) is 14.4 Å². The van der Waals surface area contributed by atoms with Crippen LogP contribution in [0.25, 0.3) is 0 Å². The van der Waals surface area contributed by atoms with E-state index in [1.807, 2.05) is 0 Å². The molecule has 0 aliphatic carbocycles. The molecule has 0 aromatic carbocycles. The monoisotopic (exact) mass is 287 g/mol. The molecule has 1 aliphatic heterocycles. The van der Waals surface area contributed by atoms with Crippen LogP contribution in [-0.2, 0) is 14.3 Å². The van der Waals surface area contributed by atoms with Crippen LogP contribution in [0, 0.1) is 0 Å². The largest absolute Gasteiger partial charge is 0.480 e. The SMILES string of the molecule is CCN(CC1CCCO1)C(=O)N[C@H](CC(N)=O)C(=O)O. The number of carboxylic acid groups (broad SMARTS) is 1. The Bertz CT molecular complexity index is 368. The van der Waals surface area contributed by atoms with E-state index in [2.05, 4.69) is 5.32 Å². The topological polar surface area (TPSA) is 122 Å². The highest BCUT2D eigenvalue weighted by molar-refractivity contribution is 5.87. The quantitative estimate of drug-likeness (QED) is 0.584. The average molecular weight is 287 g/mol. The lowest BCUT2D eigenvalue weighted by Gasteiger charge is -2.25. The molecule has 20 heavy (non-hydrogen) atoms. The highest BCUT2D eigenvalue weighted by Gasteiger charge is 2.26. The van der Waals surface area contributed by atoms with Crippen LogP contribution in [0.4, 0.5) is 4.79 Å². The molecule has 2 atom stereocenters. The summed E-state index contributed by atoms with van der Waals surface area (Å²) in [5.74, 6) is -2.06. The average Bonchev–Trinajstić information content (AvgIpc) is 2.87. The number of rotatable bonds is 7. The van der Waals surface area contributed by atoms with E-state index in [0.29, 0.717) is 19.7 Å². The van der Waals surface area contributed by atoms with Crippen molar-refractivity contribution in [1.29, 1.82) is 0 Å². The maximum Gasteiger partial charge on any atom is 0.326 e. The van der Waals surface area contributed by atoms with Gasteiger partial charge in [0.2, 0.25) is 5.91 Å². The van der Waals surface area contributed by atoms with Crippen molar-refractivity contribution in [2.24, 2.45) is 5.73 Å². The Morgan fingerprint density at radius 2 is 2.20 bits per heavy atom. The number of primary amides is 1. The van der Waals surface area contributed by atoms with Gasteiger partial charge in [-0.05, 0) is 19.8 Å². The summed E-state index contributed by atoms with van der Waals surface area (Å²) in [4.78, 5) is 35.2. The van der Waals surface area contributed by atoms with Crippen LogP contribution in [0.2, 0.25) is 0 Å². The third-order valence-electron chi connectivity index (χ3n) is 3.12. The first-order valence-electron chi connectivity index (χ1n) is 6.62. The summed E-state index contributed by atoms with van der Waals surface area (Å²) < 4.78 is 5.44. The van der Waals surface area contributed by atoms with E-state index in [-0.39, 0.29) is 6.10 Å². The molecule has 0 aromatic rings. The summed E-state index contributed by atoms with van der Waals surface area (Å²) in [6.07, 6.45) is 1.40. The van der Waals surface area contributed by atoms with Gasteiger partial charge in [0.1, 0.15) is 6.04 Å². The summed E-state index contributed by atoms with van der Waals surface area (Å²) in [6, 6.07) is -1.84. The van der Waals surface area contributed by atoms with E-state index >= 15 is 0 Å². The van der Waals surface area contributed by atoms with Crippen LogP contribution in [0.3, 0.4) is 0 Å². The Morgan fingerprint density at radius 1 is 1.50 bits per heavy atom. The van der Waals surface area contributed by atoms with E-state index in [4.69, 9.17) is 15.6 Å². The zero-order valence-corrected chi connectivity index (χ0v) is 11.5. The second-order valence-corrected chi connectivity index (χ2v) is 4.68. The summed E-state index contributed by atoms with van der Waals surface area (Å²) in [5.41, 5.74) is 4.96. The molecule has 8 nitrogen and oxygen atoms in total. The highest BCUT2D eigenvalue weighted by Crippen LogP contribution is 2.13. The van der Waals surface area contributed by atoms with Gasteiger partial charge < -0.3 is 25.8 Å². The number of likely N-dealkylation sites (N-methyl/N-ethyl adjacent to an activating group) is 1. The number of aliphatic carboxylic acids is 1. The minimum atomic E-state index is -1.31. The van der Waals surface area contributed by atoms with Crippen molar-refractivity contribution in [3.05, 3.63) is 0 Å². The number of amides is 3. The smallest absolute Gasteiger partial charge is 0.326 e. The number of nitrogens with two attached hydrogens (primary N) is 1. The van der Waals surface area contributed by atoms with Crippen molar-refractivity contribution < 1.29 is 24.2 Å². The molecule has 1 saturated heterocycles. The summed E-state index contributed by atoms with van der Waals surface area (Å²) in [6.45, 7) is 3.31. The number of hydrogen-bond acceptors (Lipinski definition) is 4. The van der Waals surface area contributed by atoms with E-state index in [1.165, 1.54) is 4.90 Å². The summed E-state index contributed by atoms with van der Waals surface area (Å²) in [7, 11) is 0. The number of ether oxygens (including phenoxy) is 1. The predicted molar refractivity (Wildman–Crippen MR) is 70.0 cm³/mol. The normalized spacial score (nSPS) is 19.4. The van der Waals surface area contributed by atoms with Gasteiger partial charge in [-0.15, -0.1) is 0 Å². The molecule has 114 valence electrons. The molecule has 0 aromatic heterocycles. The van der Waals surface area contributed by atoms with Crippen molar-refractivity contribution in [3.63, 3.8) is 0 Å². The van der Waals surface area contributed by atoms with Gasteiger partial charge in [-0.2, -0.15) is 0 Å². The van der Waals surface area contributed by atoms with Crippen molar-refractivity contribution in [2.45, 2.75) is 38.3 Å². The Morgan fingerprint density at radius 3 is 2.65 bits per heavy atom. The third kappa shape index (κ3) is 5.04. The maximum atomic E-state index is 12.0. The van der Waals surface area contributed by atoms with Gasteiger partial charge in [-0.1, -0.05) is 0 Å². The molecule has 1 unspecified atom stereocenters. The number of nitrogens with zero attached hydrogens (tertiary/aromatic N) is 1. The molecule has 1 fully saturated rings. The van der Waals surface area contributed by atoms with Crippen LogP contribution in [0.1, 0.15) is 26.2 Å². The summed E-state index contributed by atoms with van der Waals surface area (Å²) >= 11 is 0. The van der Waals surface area contributed by atoms with Gasteiger partial charge in [0.05, 0.1) is 12.5 Å². The first-order chi connectivity index (χ1) is 9.43. The third-order valence-corrected chi connectivity index (χ3v) is 3.12. The van der Waals surface area contributed by atoms with Crippen LogP contribution in [-0.4, -0.2) is 59.8 Å². The highest BCUT2D eigenvalue weighted by atomic mass is 16.5. The molecule has 8 heteroatoms. The van der Waals surface area contributed by atoms with Gasteiger partial charge in [-0.25, -0.2) is 9.59 Å². The predicted octanol–water partition coefficient (Wildman–Crippen LogP) is -0.474. The second kappa shape index (κ2) is 7.68. The summed E-state index contributed by atoms with van der Waals surface area (Å²) in [5, 5.41) is 11.2. The molecule has 0 radical (unpaired) electrons. The molecule has 4 N–H and O–H groups in total. The van der Waals surface area contributed by atoms with E-state index in [1.54, 1.807) is 6.92 Å². The molecule has 1 aliphatic rings. The molecule has 0 bridgehead atoms. The Balaban J connectivity index is 2.55. The van der Waals surface area contributed by atoms with Crippen molar-refractivity contribution in [2.75, 3.05) is 19.7 Å². The lowest BCUT2D eigenvalue weighted by atomic mass is 10.2. The maximum absolute atomic E-state index is 12.0. The van der Waals surface area contributed by atoms with Crippen LogP contribution in [0.5, 0.6) is 0 Å². The Kier molecular flexibility index (Phi) is 6.23. The zero-order valence-electron chi connectivity index (χ0n) is 11.5. The first-order valence-corrected chi connectivity index (χ1v) is 6.62.